The average molecular weight is 528 g/mol. The lowest BCUT2D eigenvalue weighted by Crippen LogP contribution is -2.34. The predicted molar refractivity (Wildman–Crippen MR) is 134 cm³/mol. The van der Waals surface area contributed by atoms with Gasteiger partial charge in [0.05, 0.1) is 12.2 Å². The molecule has 0 N–H and O–H groups in total. The Kier molecular flexibility index (Phi) is 8.89. The van der Waals surface area contributed by atoms with Crippen LogP contribution in [0, 0.1) is 0 Å². The van der Waals surface area contributed by atoms with Gasteiger partial charge in [0, 0.05) is 40.5 Å². The molecule has 0 aliphatic heterocycles. The number of Topliss-reactive ketones (excluding diaryl/α,β-unsaturated/α-hetero) is 1. The van der Waals surface area contributed by atoms with Gasteiger partial charge < -0.3 is 9.64 Å². The Morgan fingerprint density at radius 2 is 1.63 bits per heavy atom. The van der Waals surface area contributed by atoms with Crippen LogP contribution in [-0.4, -0.2) is 36.5 Å². The number of hydrogen-bond acceptors (Lipinski definition) is 3. The molecular formula is C26H26Cl2F3NO3. The number of rotatable bonds is 9. The van der Waals surface area contributed by atoms with E-state index in [0.29, 0.717) is 22.7 Å². The summed E-state index contributed by atoms with van der Waals surface area (Å²) < 4.78 is 45.4. The number of carbonyl (C=O) groups excluding carboxylic acids is 2. The summed E-state index contributed by atoms with van der Waals surface area (Å²) in [5.74, 6) is -0.313. The fraction of sp³-hybridized carbons (Fsp3) is 0.385. The van der Waals surface area contributed by atoms with Crippen molar-refractivity contribution < 1.29 is 27.5 Å². The van der Waals surface area contributed by atoms with Crippen molar-refractivity contribution in [2.45, 2.75) is 45.7 Å². The van der Waals surface area contributed by atoms with Crippen LogP contribution in [0.5, 0.6) is 0 Å². The van der Waals surface area contributed by atoms with Gasteiger partial charge in [-0.25, -0.2) is 4.79 Å². The summed E-state index contributed by atoms with van der Waals surface area (Å²) in [6.45, 7) is 4.56. The van der Waals surface area contributed by atoms with Crippen LogP contribution < -0.4 is 0 Å². The standard InChI is InChI=1S/C26H26Cl2F3NO3/c1-3-5-6-10-32(25(34)35-4-2)11-9-24(33)22-15-21-20(13-17(27)14-23(21)28)19-12-16(26(29,30)31)7-8-18(19)22/h7-8,12-15H,3-6,9-11H2,1-2H3. The number of fused-ring (bicyclic) bond motifs is 3. The van der Waals surface area contributed by atoms with Gasteiger partial charge in [-0.1, -0.05) is 49.0 Å². The maximum atomic E-state index is 13.4. The van der Waals surface area contributed by atoms with Crippen LogP contribution in [0.15, 0.2) is 36.4 Å². The van der Waals surface area contributed by atoms with Crippen LogP contribution in [0.1, 0.15) is 55.5 Å². The van der Waals surface area contributed by atoms with E-state index in [1.54, 1.807) is 13.0 Å². The second kappa shape index (κ2) is 11.5. The number of unbranched alkanes of at least 4 members (excludes halogenated alkanes) is 2. The number of benzene rings is 3. The predicted octanol–water partition coefficient (Wildman–Crippen LogP) is 8.54. The maximum absolute atomic E-state index is 13.4. The topological polar surface area (TPSA) is 46.6 Å². The van der Waals surface area contributed by atoms with Gasteiger partial charge in [0.1, 0.15) is 0 Å². The first-order valence-electron chi connectivity index (χ1n) is 11.4. The Balaban J connectivity index is 2.03. The molecule has 0 spiro atoms. The van der Waals surface area contributed by atoms with Crippen molar-refractivity contribution in [3.8, 4) is 0 Å². The SMILES string of the molecule is CCCCCN(CCC(=O)c1cc2c(Cl)cc(Cl)cc2c2cc(C(F)(F)F)ccc12)C(=O)OCC. The van der Waals surface area contributed by atoms with E-state index in [0.717, 1.165) is 31.4 Å². The Morgan fingerprint density at radius 1 is 0.914 bits per heavy atom. The number of ketones is 1. The number of halogens is 5. The zero-order chi connectivity index (χ0) is 25.8. The number of amides is 1. The molecule has 4 nitrogen and oxygen atoms in total. The molecule has 0 aliphatic carbocycles. The van der Waals surface area contributed by atoms with E-state index < -0.39 is 17.8 Å². The van der Waals surface area contributed by atoms with Crippen molar-refractivity contribution in [2.24, 2.45) is 0 Å². The van der Waals surface area contributed by atoms with Crippen LogP contribution in [0.4, 0.5) is 18.0 Å². The number of alkyl halides is 3. The molecule has 1 amide bonds. The van der Waals surface area contributed by atoms with Gasteiger partial charge in [-0.05, 0) is 59.8 Å². The second-order valence-corrected chi connectivity index (χ2v) is 9.07. The van der Waals surface area contributed by atoms with Gasteiger partial charge in [0.25, 0.3) is 0 Å². The zero-order valence-corrected chi connectivity index (χ0v) is 21.0. The van der Waals surface area contributed by atoms with Gasteiger partial charge >= 0.3 is 12.3 Å². The maximum Gasteiger partial charge on any atom is 0.416 e. The van der Waals surface area contributed by atoms with E-state index in [1.165, 1.54) is 23.1 Å². The number of hydrogen-bond donors (Lipinski definition) is 0. The average Bonchev–Trinajstić information content (AvgIpc) is 2.79. The van der Waals surface area contributed by atoms with Crippen molar-refractivity contribution in [3.63, 3.8) is 0 Å². The monoisotopic (exact) mass is 527 g/mol. The molecule has 0 bridgehead atoms. The molecule has 188 valence electrons. The lowest BCUT2D eigenvalue weighted by atomic mass is 9.93. The molecule has 3 aromatic rings. The Morgan fingerprint density at radius 3 is 2.29 bits per heavy atom. The Bertz CT molecular complexity index is 1240. The van der Waals surface area contributed by atoms with E-state index in [-0.39, 0.29) is 46.4 Å². The largest absolute Gasteiger partial charge is 0.450 e. The first-order valence-corrected chi connectivity index (χ1v) is 12.2. The zero-order valence-electron chi connectivity index (χ0n) is 19.5. The number of carbonyl (C=O) groups is 2. The van der Waals surface area contributed by atoms with Gasteiger partial charge in [-0.15, -0.1) is 0 Å². The molecule has 0 atom stereocenters. The molecule has 35 heavy (non-hydrogen) atoms. The van der Waals surface area contributed by atoms with E-state index in [1.807, 2.05) is 6.92 Å². The second-order valence-electron chi connectivity index (χ2n) is 8.23. The van der Waals surface area contributed by atoms with E-state index >= 15 is 0 Å². The summed E-state index contributed by atoms with van der Waals surface area (Å²) >= 11 is 12.5. The molecule has 0 aliphatic rings. The highest BCUT2D eigenvalue weighted by molar-refractivity contribution is 6.40. The normalized spacial score (nSPS) is 11.7. The van der Waals surface area contributed by atoms with Gasteiger partial charge in [-0.2, -0.15) is 13.2 Å². The van der Waals surface area contributed by atoms with Crippen LogP contribution in [0.2, 0.25) is 10.0 Å². The molecule has 3 rings (SSSR count). The third-order valence-electron chi connectivity index (χ3n) is 5.78. The van der Waals surface area contributed by atoms with Crippen molar-refractivity contribution in [2.75, 3.05) is 19.7 Å². The van der Waals surface area contributed by atoms with Crippen molar-refractivity contribution >= 4 is 56.6 Å². The van der Waals surface area contributed by atoms with Gasteiger partial charge in [0.15, 0.2) is 5.78 Å². The lowest BCUT2D eigenvalue weighted by molar-refractivity contribution is -0.137. The molecule has 0 aromatic heterocycles. The summed E-state index contributed by atoms with van der Waals surface area (Å²) in [5, 5.41) is 1.95. The molecular weight excluding hydrogens is 502 g/mol. The highest BCUT2D eigenvalue weighted by Crippen LogP contribution is 2.39. The molecule has 0 radical (unpaired) electrons. The summed E-state index contributed by atoms with van der Waals surface area (Å²) in [5.41, 5.74) is -0.598. The first kappa shape index (κ1) is 27.1. The summed E-state index contributed by atoms with van der Waals surface area (Å²) in [4.78, 5) is 27.1. The van der Waals surface area contributed by atoms with Crippen molar-refractivity contribution in [1.82, 2.24) is 4.90 Å². The fourth-order valence-electron chi connectivity index (χ4n) is 4.02. The molecule has 0 heterocycles. The summed E-state index contributed by atoms with van der Waals surface area (Å²) in [7, 11) is 0. The molecule has 0 saturated heterocycles. The van der Waals surface area contributed by atoms with E-state index in [9.17, 15) is 22.8 Å². The fourth-order valence-corrected chi connectivity index (χ4v) is 4.57. The minimum Gasteiger partial charge on any atom is -0.450 e. The minimum atomic E-state index is -4.55. The van der Waals surface area contributed by atoms with Crippen molar-refractivity contribution in [3.05, 3.63) is 57.6 Å². The quantitative estimate of drug-likeness (QED) is 0.159. The smallest absolute Gasteiger partial charge is 0.416 e. The Labute approximate surface area is 211 Å². The molecule has 0 unspecified atom stereocenters. The van der Waals surface area contributed by atoms with E-state index in [2.05, 4.69) is 0 Å². The van der Waals surface area contributed by atoms with Crippen LogP contribution in [-0.2, 0) is 10.9 Å². The van der Waals surface area contributed by atoms with Crippen LogP contribution in [0.25, 0.3) is 21.5 Å². The molecule has 0 fully saturated rings. The minimum absolute atomic E-state index is 0.0161. The van der Waals surface area contributed by atoms with Crippen LogP contribution in [0.3, 0.4) is 0 Å². The summed E-state index contributed by atoms with van der Waals surface area (Å²) in [6, 6.07) is 7.86. The van der Waals surface area contributed by atoms with Crippen molar-refractivity contribution in [1.29, 1.82) is 0 Å². The van der Waals surface area contributed by atoms with Gasteiger partial charge in [0.2, 0.25) is 0 Å². The van der Waals surface area contributed by atoms with E-state index in [4.69, 9.17) is 27.9 Å². The third kappa shape index (κ3) is 6.39. The lowest BCUT2D eigenvalue weighted by Gasteiger charge is -2.22. The Hall–Kier alpha value is -2.51. The highest BCUT2D eigenvalue weighted by Gasteiger charge is 2.31. The third-order valence-corrected chi connectivity index (χ3v) is 6.31. The molecule has 3 aromatic carbocycles. The highest BCUT2D eigenvalue weighted by atomic mass is 35.5. The number of ether oxygens (including phenoxy) is 1. The summed E-state index contributed by atoms with van der Waals surface area (Å²) in [6.07, 6.45) is -2.38. The molecule has 9 heteroatoms. The first-order chi connectivity index (χ1) is 16.6. The van der Waals surface area contributed by atoms with Gasteiger partial charge in [-0.3, -0.25) is 4.79 Å². The van der Waals surface area contributed by atoms with Crippen LogP contribution >= 0.6 is 23.2 Å². The molecule has 0 saturated carbocycles. The number of nitrogens with zero attached hydrogens (tertiary/aromatic N) is 1.